The van der Waals surface area contributed by atoms with Gasteiger partial charge in [0.05, 0.1) is 24.0 Å². The van der Waals surface area contributed by atoms with Crippen LogP contribution in [0.25, 0.3) is 0 Å². The van der Waals surface area contributed by atoms with E-state index in [1.165, 1.54) is 25.4 Å². The smallest absolute Gasteiger partial charge is 0.309 e. The number of carboxylic acid groups (broad SMARTS) is 1. The molecule has 0 aliphatic rings. The molecule has 0 fully saturated rings. The number of carboxylic acids is 1. The number of anilines is 1. The van der Waals surface area contributed by atoms with Crippen molar-refractivity contribution in [3.05, 3.63) is 28.6 Å². The second-order valence-electron chi connectivity index (χ2n) is 4.02. The summed E-state index contributed by atoms with van der Waals surface area (Å²) in [5.41, 5.74) is 0.533. The Kier molecular flexibility index (Phi) is 4.23. The van der Waals surface area contributed by atoms with E-state index in [1.807, 2.05) is 0 Å². The van der Waals surface area contributed by atoms with Crippen molar-refractivity contribution >= 4 is 37.6 Å². The molecule has 0 radical (unpaired) electrons. The number of hydrogen-bond donors (Lipinski definition) is 2. The van der Waals surface area contributed by atoms with Crippen molar-refractivity contribution in [2.24, 2.45) is 7.05 Å². The van der Waals surface area contributed by atoms with Crippen molar-refractivity contribution in [3.8, 4) is 0 Å². The third-order valence-corrected chi connectivity index (χ3v) is 4.67. The number of nitrogens with one attached hydrogen (secondary N) is 1. The van der Waals surface area contributed by atoms with Crippen LogP contribution in [0.2, 0.25) is 0 Å². The van der Waals surface area contributed by atoms with E-state index >= 15 is 0 Å². The molecule has 0 saturated carbocycles. The van der Waals surface area contributed by atoms with Gasteiger partial charge in [0.2, 0.25) is 5.03 Å². The van der Waals surface area contributed by atoms with E-state index in [4.69, 9.17) is 5.11 Å². The van der Waals surface area contributed by atoms with Gasteiger partial charge in [-0.1, -0.05) is 5.21 Å². The standard InChI is InChI=1S/C10H10BrN5O4S/c1-16-10(9(11)13-15-16)21(19,20)14-7-3-2-6(12-5-7)4-8(17)18/h2-3,5,14H,4H2,1H3,(H,17,18). The fourth-order valence-corrected chi connectivity index (χ4v) is 3.70. The van der Waals surface area contributed by atoms with Gasteiger partial charge in [0, 0.05) is 7.05 Å². The Labute approximate surface area is 128 Å². The highest BCUT2D eigenvalue weighted by atomic mass is 79.9. The molecule has 0 amide bonds. The Hall–Kier alpha value is -2.01. The molecule has 2 aromatic heterocycles. The van der Waals surface area contributed by atoms with Gasteiger partial charge in [-0.15, -0.1) is 5.10 Å². The van der Waals surface area contributed by atoms with Gasteiger partial charge in [0.1, 0.15) is 0 Å². The van der Waals surface area contributed by atoms with Crippen LogP contribution in [0.1, 0.15) is 5.69 Å². The first kappa shape index (κ1) is 15.4. The Bertz CT molecular complexity index is 752. The van der Waals surface area contributed by atoms with Crippen molar-refractivity contribution < 1.29 is 18.3 Å². The van der Waals surface area contributed by atoms with Gasteiger partial charge in [0.15, 0.2) is 4.60 Å². The molecule has 0 aliphatic carbocycles. The van der Waals surface area contributed by atoms with E-state index in [0.29, 0.717) is 5.69 Å². The molecule has 11 heteroatoms. The molecule has 112 valence electrons. The van der Waals surface area contributed by atoms with Crippen molar-refractivity contribution in [1.82, 2.24) is 20.0 Å². The summed E-state index contributed by atoms with van der Waals surface area (Å²) in [6.45, 7) is 0. The molecular formula is C10H10BrN5O4S. The average Bonchev–Trinajstić information content (AvgIpc) is 2.71. The highest BCUT2D eigenvalue weighted by Crippen LogP contribution is 2.21. The molecule has 0 spiro atoms. The van der Waals surface area contributed by atoms with Crippen LogP contribution in [0, 0.1) is 0 Å². The molecule has 2 heterocycles. The number of carbonyl (C=O) groups is 1. The predicted octanol–water partition coefficient (Wildman–Crippen LogP) is 0.400. The Balaban J connectivity index is 2.23. The highest BCUT2D eigenvalue weighted by molar-refractivity contribution is 9.10. The zero-order valence-corrected chi connectivity index (χ0v) is 13.1. The molecule has 0 aliphatic heterocycles. The first-order valence-corrected chi connectivity index (χ1v) is 7.82. The van der Waals surface area contributed by atoms with Crippen LogP contribution in [0.5, 0.6) is 0 Å². The molecule has 0 saturated heterocycles. The molecule has 0 bridgehead atoms. The topological polar surface area (TPSA) is 127 Å². The molecule has 0 atom stereocenters. The zero-order chi connectivity index (χ0) is 15.6. The van der Waals surface area contributed by atoms with Crippen molar-refractivity contribution in [2.45, 2.75) is 11.4 Å². The monoisotopic (exact) mass is 375 g/mol. The maximum Gasteiger partial charge on any atom is 0.309 e. The van der Waals surface area contributed by atoms with Crippen molar-refractivity contribution in [2.75, 3.05) is 4.72 Å². The average molecular weight is 376 g/mol. The number of aliphatic carboxylic acids is 1. The van der Waals surface area contributed by atoms with Crippen LogP contribution in [0.15, 0.2) is 28.0 Å². The molecule has 2 aromatic rings. The molecular weight excluding hydrogens is 366 g/mol. The summed E-state index contributed by atoms with van der Waals surface area (Å²) in [5.74, 6) is -1.01. The predicted molar refractivity (Wildman–Crippen MR) is 75.1 cm³/mol. The lowest BCUT2D eigenvalue weighted by Gasteiger charge is -2.08. The molecule has 0 unspecified atom stereocenters. The van der Waals surface area contributed by atoms with Gasteiger partial charge in [-0.2, -0.15) is 8.42 Å². The van der Waals surface area contributed by atoms with Crippen molar-refractivity contribution in [3.63, 3.8) is 0 Å². The minimum absolute atomic E-state index is 0.0907. The summed E-state index contributed by atoms with van der Waals surface area (Å²) < 4.78 is 27.9. The summed E-state index contributed by atoms with van der Waals surface area (Å²) in [7, 11) is -2.44. The molecule has 0 aromatic carbocycles. The SMILES string of the molecule is Cn1nnc(Br)c1S(=O)(=O)Nc1ccc(CC(=O)O)nc1. The molecule has 21 heavy (non-hydrogen) atoms. The number of pyridine rings is 1. The van der Waals surface area contributed by atoms with E-state index in [9.17, 15) is 13.2 Å². The molecule has 9 nitrogen and oxygen atoms in total. The first-order chi connectivity index (χ1) is 9.79. The van der Waals surface area contributed by atoms with Gasteiger partial charge in [-0.25, -0.2) is 4.68 Å². The summed E-state index contributed by atoms with van der Waals surface area (Å²) >= 11 is 3.01. The van der Waals surface area contributed by atoms with Gasteiger partial charge in [0.25, 0.3) is 10.0 Å². The minimum Gasteiger partial charge on any atom is -0.481 e. The number of hydrogen-bond acceptors (Lipinski definition) is 6. The fourth-order valence-electron chi connectivity index (χ4n) is 1.56. The van der Waals surface area contributed by atoms with Gasteiger partial charge < -0.3 is 5.11 Å². The summed E-state index contributed by atoms with van der Waals surface area (Å²) in [5, 5.41) is 15.7. The minimum atomic E-state index is -3.88. The second-order valence-corrected chi connectivity index (χ2v) is 6.37. The van der Waals surface area contributed by atoms with E-state index < -0.39 is 16.0 Å². The second kappa shape index (κ2) is 5.77. The molecule has 2 rings (SSSR count). The lowest BCUT2D eigenvalue weighted by atomic mass is 10.3. The largest absolute Gasteiger partial charge is 0.481 e. The van der Waals surface area contributed by atoms with E-state index in [1.54, 1.807) is 0 Å². The maximum atomic E-state index is 12.2. The quantitative estimate of drug-likeness (QED) is 0.773. The maximum absolute atomic E-state index is 12.2. The first-order valence-electron chi connectivity index (χ1n) is 5.54. The fraction of sp³-hybridized carbons (Fsp3) is 0.200. The number of nitrogens with zero attached hydrogens (tertiary/aromatic N) is 4. The van der Waals surface area contributed by atoms with Crippen LogP contribution >= 0.6 is 15.9 Å². The number of aromatic nitrogens is 4. The Morgan fingerprint density at radius 1 is 1.48 bits per heavy atom. The van der Waals surface area contributed by atoms with Crippen molar-refractivity contribution in [1.29, 1.82) is 0 Å². The summed E-state index contributed by atoms with van der Waals surface area (Å²) in [4.78, 5) is 14.4. The van der Waals surface area contributed by atoms with E-state index in [-0.39, 0.29) is 21.7 Å². The van der Waals surface area contributed by atoms with Crippen LogP contribution < -0.4 is 4.72 Å². The van der Waals surface area contributed by atoms with Crippen LogP contribution in [-0.4, -0.2) is 39.5 Å². The van der Waals surface area contributed by atoms with Crippen LogP contribution in [0.4, 0.5) is 5.69 Å². The van der Waals surface area contributed by atoms with Gasteiger partial charge in [-0.3, -0.25) is 14.5 Å². The number of halogens is 1. The normalized spacial score (nSPS) is 11.3. The highest BCUT2D eigenvalue weighted by Gasteiger charge is 2.24. The van der Waals surface area contributed by atoms with E-state index in [2.05, 4.69) is 35.9 Å². The third kappa shape index (κ3) is 3.55. The van der Waals surface area contributed by atoms with E-state index in [0.717, 1.165) is 4.68 Å². The van der Waals surface area contributed by atoms with Gasteiger partial charge in [-0.05, 0) is 28.1 Å². The summed E-state index contributed by atoms with van der Waals surface area (Å²) in [6, 6.07) is 2.86. The summed E-state index contributed by atoms with van der Waals surface area (Å²) in [6.07, 6.45) is 1.01. The zero-order valence-electron chi connectivity index (χ0n) is 10.7. The van der Waals surface area contributed by atoms with Crippen LogP contribution in [-0.2, 0) is 28.3 Å². The lowest BCUT2D eigenvalue weighted by molar-refractivity contribution is -0.136. The number of aryl methyl sites for hydroxylation is 1. The Morgan fingerprint density at radius 3 is 2.67 bits per heavy atom. The van der Waals surface area contributed by atoms with Crippen LogP contribution in [0.3, 0.4) is 0 Å². The third-order valence-electron chi connectivity index (χ3n) is 2.40. The molecule has 2 N–H and O–H groups in total. The van der Waals surface area contributed by atoms with Gasteiger partial charge >= 0.3 is 5.97 Å². The number of sulfonamides is 1. The number of rotatable bonds is 5. The Morgan fingerprint density at radius 2 is 2.19 bits per heavy atom. The lowest BCUT2D eigenvalue weighted by Crippen LogP contribution is -2.17.